The number of hydrogen-bond donors (Lipinski definition) is 1. The Morgan fingerprint density at radius 2 is 1.84 bits per heavy atom. The molecule has 8 nitrogen and oxygen atoms in total. The molecule has 2 aliphatic heterocycles. The van der Waals surface area contributed by atoms with E-state index in [1.807, 2.05) is 17.9 Å². The molecule has 3 amide bonds. The summed E-state index contributed by atoms with van der Waals surface area (Å²) in [6.07, 6.45) is 4.92. The molecule has 1 spiro atoms. The number of halogens is 1. The van der Waals surface area contributed by atoms with E-state index in [1.54, 1.807) is 29.3 Å². The van der Waals surface area contributed by atoms with Gasteiger partial charge in [0.1, 0.15) is 0 Å². The molecule has 2 aromatic rings. The number of aryl methyl sites for hydroxylation is 1. The van der Waals surface area contributed by atoms with Gasteiger partial charge in [0, 0.05) is 54.9 Å². The van der Waals surface area contributed by atoms with E-state index in [0.29, 0.717) is 29.5 Å². The van der Waals surface area contributed by atoms with E-state index in [4.69, 9.17) is 11.6 Å². The van der Waals surface area contributed by atoms with Gasteiger partial charge in [0.15, 0.2) is 5.82 Å². The SMILES string of the molecule is CC(=O)Nc1ccn(C(=O)N2CCC3(CCCN3C(=O)c3ccc(Cl)c(C)c3)CC2)n1. The van der Waals surface area contributed by atoms with E-state index >= 15 is 0 Å². The summed E-state index contributed by atoms with van der Waals surface area (Å²) in [5, 5.41) is 7.35. The van der Waals surface area contributed by atoms with Crippen molar-refractivity contribution in [2.24, 2.45) is 0 Å². The Kier molecular flexibility index (Phi) is 5.75. The highest BCUT2D eigenvalue weighted by atomic mass is 35.5. The number of amides is 3. The highest BCUT2D eigenvalue weighted by Gasteiger charge is 2.46. The highest BCUT2D eigenvalue weighted by molar-refractivity contribution is 6.31. The van der Waals surface area contributed by atoms with Crippen LogP contribution in [0.3, 0.4) is 0 Å². The number of rotatable bonds is 2. The zero-order valence-corrected chi connectivity index (χ0v) is 18.5. The van der Waals surface area contributed by atoms with Crippen LogP contribution >= 0.6 is 11.6 Å². The fourth-order valence-corrected chi connectivity index (χ4v) is 4.76. The van der Waals surface area contributed by atoms with Crippen molar-refractivity contribution in [1.82, 2.24) is 19.6 Å². The predicted octanol–water partition coefficient (Wildman–Crippen LogP) is 3.54. The van der Waals surface area contributed by atoms with Crippen LogP contribution in [0.2, 0.25) is 5.02 Å². The summed E-state index contributed by atoms with van der Waals surface area (Å²) in [6, 6.07) is 6.77. The second-order valence-electron chi connectivity index (χ2n) is 8.35. The summed E-state index contributed by atoms with van der Waals surface area (Å²) in [5.41, 5.74) is 1.33. The van der Waals surface area contributed by atoms with Crippen LogP contribution in [0.15, 0.2) is 30.5 Å². The molecule has 0 unspecified atom stereocenters. The maximum absolute atomic E-state index is 13.3. The van der Waals surface area contributed by atoms with Crippen molar-refractivity contribution in [2.75, 3.05) is 25.0 Å². The van der Waals surface area contributed by atoms with Gasteiger partial charge in [-0.3, -0.25) is 9.59 Å². The number of piperidine rings is 1. The lowest BCUT2D eigenvalue weighted by molar-refractivity contribution is -0.114. The lowest BCUT2D eigenvalue weighted by Crippen LogP contribution is -2.55. The molecule has 164 valence electrons. The van der Waals surface area contributed by atoms with Crippen molar-refractivity contribution in [3.63, 3.8) is 0 Å². The number of hydrogen-bond acceptors (Lipinski definition) is 4. The number of nitrogens with one attached hydrogen (secondary N) is 1. The molecule has 2 fully saturated rings. The zero-order chi connectivity index (χ0) is 22.2. The van der Waals surface area contributed by atoms with Crippen LogP contribution in [-0.4, -0.2) is 62.6 Å². The number of likely N-dealkylation sites (tertiary alicyclic amines) is 2. The van der Waals surface area contributed by atoms with Crippen LogP contribution in [0.4, 0.5) is 10.6 Å². The monoisotopic (exact) mass is 443 g/mol. The maximum atomic E-state index is 13.3. The minimum Gasteiger partial charge on any atom is -0.333 e. The van der Waals surface area contributed by atoms with Crippen molar-refractivity contribution in [3.8, 4) is 0 Å². The summed E-state index contributed by atoms with van der Waals surface area (Å²) >= 11 is 6.12. The van der Waals surface area contributed by atoms with Crippen molar-refractivity contribution in [2.45, 2.75) is 45.1 Å². The summed E-state index contributed by atoms with van der Waals surface area (Å²) < 4.78 is 1.25. The van der Waals surface area contributed by atoms with Crippen LogP contribution in [0, 0.1) is 6.92 Å². The molecule has 2 saturated heterocycles. The maximum Gasteiger partial charge on any atom is 0.344 e. The Balaban J connectivity index is 1.44. The lowest BCUT2D eigenvalue weighted by Gasteiger charge is -2.44. The van der Waals surface area contributed by atoms with Gasteiger partial charge >= 0.3 is 6.03 Å². The number of benzene rings is 1. The van der Waals surface area contributed by atoms with Gasteiger partial charge in [0.2, 0.25) is 5.91 Å². The second-order valence-corrected chi connectivity index (χ2v) is 8.75. The van der Waals surface area contributed by atoms with Crippen LogP contribution in [-0.2, 0) is 4.79 Å². The van der Waals surface area contributed by atoms with E-state index in [-0.39, 0.29) is 23.4 Å². The fraction of sp³-hybridized carbons (Fsp3) is 0.455. The molecule has 0 radical (unpaired) electrons. The van der Waals surface area contributed by atoms with Crippen molar-refractivity contribution >= 4 is 35.3 Å². The van der Waals surface area contributed by atoms with Gasteiger partial charge in [-0.25, -0.2) is 4.79 Å². The molecule has 3 heterocycles. The minimum atomic E-state index is -0.237. The normalized spacial score (nSPS) is 17.8. The van der Waals surface area contributed by atoms with Crippen molar-refractivity contribution in [3.05, 3.63) is 46.6 Å². The lowest BCUT2D eigenvalue weighted by atomic mass is 9.84. The van der Waals surface area contributed by atoms with Gasteiger partial charge in [0.25, 0.3) is 5.91 Å². The van der Waals surface area contributed by atoms with Gasteiger partial charge in [0.05, 0.1) is 0 Å². The Morgan fingerprint density at radius 3 is 2.52 bits per heavy atom. The molecule has 2 aliphatic rings. The predicted molar refractivity (Wildman–Crippen MR) is 117 cm³/mol. The van der Waals surface area contributed by atoms with E-state index in [1.165, 1.54) is 11.6 Å². The van der Waals surface area contributed by atoms with Gasteiger partial charge in [-0.2, -0.15) is 4.68 Å². The molecular weight excluding hydrogens is 418 g/mol. The molecule has 1 aromatic carbocycles. The number of carbonyl (C=O) groups excluding carboxylic acids is 3. The Bertz CT molecular complexity index is 1030. The molecule has 1 aromatic heterocycles. The molecule has 0 saturated carbocycles. The zero-order valence-electron chi connectivity index (χ0n) is 17.7. The molecule has 0 bridgehead atoms. The first-order valence-corrected chi connectivity index (χ1v) is 10.9. The molecule has 31 heavy (non-hydrogen) atoms. The van der Waals surface area contributed by atoms with Gasteiger partial charge in [-0.05, 0) is 56.4 Å². The first-order chi connectivity index (χ1) is 14.8. The topological polar surface area (TPSA) is 87.5 Å². The third-order valence-corrected chi connectivity index (χ3v) is 6.72. The number of anilines is 1. The summed E-state index contributed by atoms with van der Waals surface area (Å²) in [5.74, 6) is 0.142. The third-order valence-electron chi connectivity index (χ3n) is 6.30. The third kappa shape index (κ3) is 4.17. The van der Waals surface area contributed by atoms with E-state index in [2.05, 4.69) is 10.4 Å². The first-order valence-electron chi connectivity index (χ1n) is 10.5. The van der Waals surface area contributed by atoms with Crippen LogP contribution < -0.4 is 5.32 Å². The Hall–Kier alpha value is -2.87. The largest absolute Gasteiger partial charge is 0.344 e. The van der Waals surface area contributed by atoms with E-state index in [0.717, 1.165) is 37.8 Å². The van der Waals surface area contributed by atoms with E-state index in [9.17, 15) is 14.4 Å². The van der Waals surface area contributed by atoms with Crippen LogP contribution in [0.5, 0.6) is 0 Å². The molecule has 4 rings (SSSR count). The Labute approximate surface area is 186 Å². The smallest absolute Gasteiger partial charge is 0.333 e. The minimum absolute atomic E-state index is 0.0315. The summed E-state index contributed by atoms with van der Waals surface area (Å²) in [6.45, 7) is 5.13. The van der Waals surface area contributed by atoms with Gasteiger partial charge in [-0.15, -0.1) is 5.10 Å². The van der Waals surface area contributed by atoms with E-state index < -0.39 is 0 Å². The number of carbonyl (C=O) groups is 3. The quantitative estimate of drug-likeness (QED) is 0.768. The molecule has 9 heteroatoms. The van der Waals surface area contributed by atoms with Crippen molar-refractivity contribution < 1.29 is 14.4 Å². The highest BCUT2D eigenvalue weighted by Crippen LogP contribution is 2.39. The van der Waals surface area contributed by atoms with Crippen LogP contribution in [0.1, 0.15) is 48.5 Å². The van der Waals surface area contributed by atoms with Crippen LogP contribution in [0.25, 0.3) is 0 Å². The van der Waals surface area contributed by atoms with Gasteiger partial charge < -0.3 is 15.1 Å². The number of nitrogens with zero attached hydrogens (tertiary/aromatic N) is 4. The second kappa shape index (κ2) is 8.34. The Morgan fingerprint density at radius 1 is 1.10 bits per heavy atom. The first kappa shape index (κ1) is 21.4. The average molecular weight is 444 g/mol. The summed E-state index contributed by atoms with van der Waals surface area (Å²) in [4.78, 5) is 41.0. The average Bonchev–Trinajstić information content (AvgIpc) is 3.36. The standard InChI is InChI=1S/C22H26ClN5O3/c1-15-14-17(4-5-18(15)23)20(30)27-10-3-7-22(27)8-12-26(13-9-22)21(31)28-11-6-19(25-28)24-16(2)29/h4-6,11,14H,3,7-10,12-13H2,1-2H3,(H,24,25,29). The van der Waals surface area contributed by atoms with Crippen molar-refractivity contribution in [1.29, 1.82) is 0 Å². The summed E-state index contributed by atoms with van der Waals surface area (Å²) in [7, 11) is 0. The fourth-order valence-electron chi connectivity index (χ4n) is 4.65. The molecule has 0 atom stereocenters. The molecule has 1 N–H and O–H groups in total. The number of aromatic nitrogens is 2. The molecule has 0 aliphatic carbocycles. The van der Waals surface area contributed by atoms with Gasteiger partial charge in [-0.1, -0.05) is 11.6 Å². The molecular formula is C22H26ClN5O3.